The minimum absolute atomic E-state index is 0.0185. The molecule has 2 atom stereocenters. The van der Waals surface area contributed by atoms with Crippen LogP contribution in [0.25, 0.3) is 0 Å². The van der Waals surface area contributed by atoms with Crippen molar-refractivity contribution in [1.29, 1.82) is 0 Å². The van der Waals surface area contributed by atoms with E-state index in [0.29, 0.717) is 0 Å². The maximum atomic E-state index is 10.6. The van der Waals surface area contributed by atoms with Crippen molar-refractivity contribution in [1.82, 2.24) is 0 Å². The van der Waals surface area contributed by atoms with E-state index in [0.717, 1.165) is 19.1 Å². The van der Waals surface area contributed by atoms with E-state index in [9.17, 15) is 8.42 Å². The SMILES string of the molecule is CS(=O)(=O)OC[C@H]1CC[C@H](CO)O1. The standard InChI is InChI=1S/C7H14O5S/c1-13(9,10)11-5-7-3-2-6(4-8)12-7/h6-8H,2-5H2,1H3/t6-,7-/m1/s1. The third kappa shape index (κ3) is 4.04. The van der Waals surface area contributed by atoms with E-state index < -0.39 is 10.1 Å². The zero-order valence-electron chi connectivity index (χ0n) is 7.47. The Morgan fingerprint density at radius 3 is 2.54 bits per heavy atom. The van der Waals surface area contributed by atoms with Crippen LogP contribution in [-0.4, -0.2) is 45.2 Å². The van der Waals surface area contributed by atoms with Gasteiger partial charge in [0.25, 0.3) is 10.1 Å². The molecule has 1 saturated heterocycles. The minimum atomic E-state index is -3.38. The molecule has 0 unspecified atom stereocenters. The molecule has 13 heavy (non-hydrogen) atoms. The second-order valence-corrected chi connectivity index (χ2v) is 4.77. The second-order valence-electron chi connectivity index (χ2n) is 3.13. The lowest BCUT2D eigenvalue weighted by molar-refractivity contribution is -0.00609. The van der Waals surface area contributed by atoms with Gasteiger partial charge in [-0.2, -0.15) is 8.42 Å². The van der Waals surface area contributed by atoms with Gasteiger partial charge in [-0.1, -0.05) is 0 Å². The van der Waals surface area contributed by atoms with Crippen molar-refractivity contribution in [3.8, 4) is 0 Å². The van der Waals surface area contributed by atoms with Gasteiger partial charge in [-0.3, -0.25) is 4.18 Å². The lowest BCUT2D eigenvalue weighted by Gasteiger charge is -2.10. The number of hydrogen-bond donors (Lipinski definition) is 1. The van der Waals surface area contributed by atoms with Crippen molar-refractivity contribution in [2.45, 2.75) is 25.0 Å². The number of rotatable bonds is 4. The molecule has 0 aromatic rings. The van der Waals surface area contributed by atoms with E-state index in [2.05, 4.69) is 4.18 Å². The molecule has 0 radical (unpaired) electrons. The Hall–Kier alpha value is -0.170. The quantitative estimate of drug-likeness (QED) is 0.633. The lowest BCUT2D eigenvalue weighted by atomic mass is 10.2. The van der Waals surface area contributed by atoms with Gasteiger partial charge in [0.2, 0.25) is 0 Å². The third-order valence-electron chi connectivity index (χ3n) is 1.87. The predicted octanol–water partition coefficient (Wildman–Crippen LogP) is -0.498. The molecule has 5 nitrogen and oxygen atoms in total. The van der Waals surface area contributed by atoms with Gasteiger partial charge in [0.05, 0.1) is 31.7 Å². The van der Waals surface area contributed by atoms with Crippen molar-refractivity contribution in [3.05, 3.63) is 0 Å². The summed E-state index contributed by atoms with van der Waals surface area (Å²) >= 11 is 0. The van der Waals surface area contributed by atoms with Crippen LogP contribution in [0.2, 0.25) is 0 Å². The molecule has 1 heterocycles. The molecule has 6 heteroatoms. The molecule has 1 aliphatic heterocycles. The smallest absolute Gasteiger partial charge is 0.264 e. The molecule has 0 spiro atoms. The molecule has 1 aliphatic rings. The Morgan fingerprint density at radius 1 is 1.46 bits per heavy atom. The maximum absolute atomic E-state index is 10.6. The fourth-order valence-electron chi connectivity index (χ4n) is 1.24. The summed E-state index contributed by atoms with van der Waals surface area (Å²) in [6.45, 7) is 0.0324. The van der Waals surface area contributed by atoms with Crippen LogP contribution in [-0.2, 0) is 19.0 Å². The summed E-state index contributed by atoms with van der Waals surface area (Å²) in [5, 5.41) is 8.73. The largest absolute Gasteiger partial charge is 0.394 e. The molecule has 0 saturated carbocycles. The Morgan fingerprint density at radius 2 is 2.08 bits per heavy atom. The Bertz CT molecular complexity index is 248. The van der Waals surface area contributed by atoms with Gasteiger partial charge in [-0.15, -0.1) is 0 Å². The normalized spacial score (nSPS) is 29.4. The van der Waals surface area contributed by atoms with Crippen LogP contribution >= 0.6 is 0 Å². The van der Waals surface area contributed by atoms with Crippen molar-refractivity contribution in [2.75, 3.05) is 19.5 Å². The van der Waals surface area contributed by atoms with Crippen LogP contribution in [0.3, 0.4) is 0 Å². The van der Waals surface area contributed by atoms with Crippen LogP contribution in [0.5, 0.6) is 0 Å². The molecule has 1 rings (SSSR count). The molecule has 0 bridgehead atoms. The summed E-state index contributed by atoms with van der Waals surface area (Å²) in [4.78, 5) is 0. The van der Waals surface area contributed by atoms with E-state index in [4.69, 9.17) is 9.84 Å². The van der Waals surface area contributed by atoms with Gasteiger partial charge in [0.1, 0.15) is 0 Å². The first kappa shape index (κ1) is 10.9. The van der Waals surface area contributed by atoms with Crippen LogP contribution in [0.15, 0.2) is 0 Å². The molecular formula is C7H14O5S. The van der Waals surface area contributed by atoms with Crippen LogP contribution in [0, 0.1) is 0 Å². The van der Waals surface area contributed by atoms with E-state index >= 15 is 0 Å². The van der Waals surface area contributed by atoms with Crippen LogP contribution < -0.4 is 0 Å². The molecule has 0 amide bonds. The van der Waals surface area contributed by atoms with Crippen LogP contribution in [0.4, 0.5) is 0 Å². The maximum Gasteiger partial charge on any atom is 0.264 e. The van der Waals surface area contributed by atoms with Gasteiger partial charge in [0, 0.05) is 0 Å². The minimum Gasteiger partial charge on any atom is -0.394 e. The highest BCUT2D eigenvalue weighted by molar-refractivity contribution is 7.85. The number of aliphatic hydroxyl groups is 1. The second kappa shape index (κ2) is 4.36. The summed E-state index contributed by atoms with van der Waals surface area (Å²) in [5.41, 5.74) is 0. The van der Waals surface area contributed by atoms with E-state index in [1.54, 1.807) is 0 Å². The average molecular weight is 210 g/mol. The average Bonchev–Trinajstić information content (AvgIpc) is 2.47. The van der Waals surface area contributed by atoms with Crippen molar-refractivity contribution >= 4 is 10.1 Å². The Labute approximate surface area is 77.8 Å². The summed E-state index contributed by atoms with van der Waals surface area (Å²) in [7, 11) is -3.38. The molecule has 1 fully saturated rings. The fraction of sp³-hybridized carbons (Fsp3) is 1.00. The molecule has 0 aromatic carbocycles. The highest BCUT2D eigenvalue weighted by atomic mass is 32.2. The van der Waals surface area contributed by atoms with Crippen molar-refractivity contribution in [2.24, 2.45) is 0 Å². The zero-order chi connectivity index (χ0) is 9.90. The van der Waals surface area contributed by atoms with E-state index in [-0.39, 0.29) is 25.4 Å². The van der Waals surface area contributed by atoms with E-state index in [1.165, 1.54) is 0 Å². The number of aliphatic hydroxyl groups excluding tert-OH is 1. The van der Waals surface area contributed by atoms with Gasteiger partial charge < -0.3 is 9.84 Å². The van der Waals surface area contributed by atoms with Gasteiger partial charge in [-0.05, 0) is 12.8 Å². The first-order valence-corrected chi connectivity index (χ1v) is 5.93. The summed E-state index contributed by atoms with van der Waals surface area (Å²) in [6, 6.07) is 0. The summed E-state index contributed by atoms with van der Waals surface area (Å²) < 4.78 is 31.1. The molecule has 0 aliphatic carbocycles. The molecule has 1 N–H and O–H groups in total. The highest BCUT2D eigenvalue weighted by Gasteiger charge is 2.25. The summed E-state index contributed by atoms with van der Waals surface area (Å²) in [6.07, 6.45) is 2.14. The van der Waals surface area contributed by atoms with Crippen LogP contribution in [0.1, 0.15) is 12.8 Å². The Balaban J connectivity index is 2.25. The molecule has 0 aromatic heterocycles. The molecular weight excluding hydrogens is 196 g/mol. The van der Waals surface area contributed by atoms with Gasteiger partial charge in [-0.25, -0.2) is 0 Å². The highest BCUT2D eigenvalue weighted by Crippen LogP contribution is 2.19. The van der Waals surface area contributed by atoms with E-state index in [1.807, 2.05) is 0 Å². The van der Waals surface area contributed by atoms with Crippen molar-refractivity contribution < 1.29 is 22.4 Å². The lowest BCUT2D eigenvalue weighted by Crippen LogP contribution is -2.20. The fourth-order valence-corrected chi connectivity index (χ4v) is 1.64. The first-order chi connectivity index (χ1) is 6.01. The molecule has 78 valence electrons. The van der Waals surface area contributed by atoms with Gasteiger partial charge in [0.15, 0.2) is 0 Å². The third-order valence-corrected chi connectivity index (χ3v) is 2.43. The monoisotopic (exact) mass is 210 g/mol. The number of ether oxygens (including phenoxy) is 1. The van der Waals surface area contributed by atoms with Gasteiger partial charge >= 0.3 is 0 Å². The first-order valence-electron chi connectivity index (χ1n) is 4.12. The Kier molecular flexibility index (Phi) is 3.66. The predicted molar refractivity (Wildman–Crippen MR) is 45.8 cm³/mol. The zero-order valence-corrected chi connectivity index (χ0v) is 8.29. The summed E-state index contributed by atoms with van der Waals surface area (Å²) in [5.74, 6) is 0. The number of hydrogen-bond acceptors (Lipinski definition) is 5. The topological polar surface area (TPSA) is 72.8 Å². The van der Waals surface area contributed by atoms with Crippen molar-refractivity contribution in [3.63, 3.8) is 0 Å².